The van der Waals surface area contributed by atoms with Crippen molar-refractivity contribution in [1.29, 1.82) is 0 Å². The van der Waals surface area contributed by atoms with E-state index in [1.54, 1.807) is 12.4 Å². The third-order valence-corrected chi connectivity index (χ3v) is 2.18. The molecule has 0 aliphatic carbocycles. The van der Waals surface area contributed by atoms with Crippen LogP contribution in [0.15, 0.2) is 12.4 Å². The van der Waals surface area contributed by atoms with Gasteiger partial charge in [0.2, 0.25) is 0 Å². The average molecular weight is 165 g/mol. The molecule has 0 unspecified atom stereocenters. The molecule has 0 aromatic carbocycles. The van der Waals surface area contributed by atoms with Crippen LogP contribution < -0.4 is 0 Å². The van der Waals surface area contributed by atoms with Crippen molar-refractivity contribution >= 4 is 21.9 Å². The van der Waals surface area contributed by atoms with Crippen LogP contribution in [0.5, 0.6) is 0 Å². The van der Waals surface area contributed by atoms with Crippen LogP contribution >= 0.6 is 11.5 Å². The third-order valence-electron chi connectivity index (χ3n) is 1.49. The van der Waals surface area contributed by atoms with Gasteiger partial charge in [-0.1, -0.05) is 6.92 Å². The molecular weight excluding hydrogens is 158 g/mol. The van der Waals surface area contributed by atoms with Gasteiger partial charge in [-0.05, 0) is 18.0 Å². The maximum atomic E-state index is 4.35. The number of hydrogen-bond acceptors (Lipinski definition) is 4. The lowest BCUT2D eigenvalue weighted by molar-refractivity contribution is 1.04. The summed E-state index contributed by atoms with van der Waals surface area (Å²) < 4.78 is 3.99. The summed E-state index contributed by atoms with van der Waals surface area (Å²) in [5.41, 5.74) is 1.92. The predicted molar refractivity (Wildman–Crippen MR) is 44.6 cm³/mol. The van der Waals surface area contributed by atoms with Gasteiger partial charge in [0.05, 0.1) is 11.9 Å². The van der Waals surface area contributed by atoms with E-state index >= 15 is 0 Å². The van der Waals surface area contributed by atoms with Crippen molar-refractivity contribution in [1.82, 2.24) is 14.3 Å². The summed E-state index contributed by atoms with van der Waals surface area (Å²) in [6, 6.07) is 0. The van der Waals surface area contributed by atoms with E-state index in [1.807, 2.05) is 0 Å². The first-order valence-electron chi connectivity index (χ1n) is 3.46. The quantitative estimate of drug-likeness (QED) is 0.645. The van der Waals surface area contributed by atoms with E-state index in [2.05, 4.69) is 21.3 Å². The first-order chi connectivity index (χ1) is 5.40. The third kappa shape index (κ3) is 1.09. The van der Waals surface area contributed by atoms with Crippen molar-refractivity contribution in [3.8, 4) is 0 Å². The van der Waals surface area contributed by atoms with E-state index < -0.39 is 0 Å². The minimum Gasteiger partial charge on any atom is -0.250 e. The van der Waals surface area contributed by atoms with Gasteiger partial charge >= 0.3 is 0 Å². The highest BCUT2D eigenvalue weighted by molar-refractivity contribution is 7.12. The van der Waals surface area contributed by atoms with Gasteiger partial charge in [-0.2, -0.15) is 4.37 Å². The maximum absolute atomic E-state index is 4.35. The Bertz CT molecular complexity index is 368. The Kier molecular flexibility index (Phi) is 1.54. The van der Waals surface area contributed by atoms with E-state index in [-0.39, 0.29) is 0 Å². The van der Waals surface area contributed by atoms with Gasteiger partial charge in [0.15, 0.2) is 4.83 Å². The highest BCUT2D eigenvalue weighted by Crippen LogP contribution is 2.12. The molecule has 0 bridgehead atoms. The Morgan fingerprint density at radius 1 is 1.45 bits per heavy atom. The number of hydrogen-bond donors (Lipinski definition) is 0. The molecular formula is C7H7N3S. The van der Waals surface area contributed by atoms with Crippen molar-refractivity contribution < 1.29 is 0 Å². The van der Waals surface area contributed by atoms with Gasteiger partial charge in [0.25, 0.3) is 0 Å². The molecule has 0 spiro atoms. The Morgan fingerprint density at radius 2 is 2.36 bits per heavy atom. The van der Waals surface area contributed by atoms with Crippen LogP contribution in [0.3, 0.4) is 0 Å². The van der Waals surface area contributed by atoms with E-state index in [0.29, 0.717) is 0 Å². The summed E-state index contributed by atoms with van der Waals surface area (Å²) in [5.74, 6) is 0. The molecule has 0 saturated heterocycles. The predicted octanol–water partition coefficient (Wildman–Crippen LogP) is 1.65. The molecule has 2 aromatic rings. The van der Waals surface area contributed by atoms with E-state index in [9.17, 15) is 0 Å². The first kappa shape index (κ1) is 6.67. The fourth-order valence-electron chi connectivity index (χ4n) is 0.868. The summed E-state index contributed by atoms with van der Waals surface area (Å²) in [5, 5.41) is 0. The smallest absolute Gasteiger partial charge is 0.162 e. The molecule has 0 fully saturated rings. The number of aromatic nitrogens is 3. The summed E-state index contributed by atoms with van der Waals surface area (Å²) in [6.07, 6.45) is 4.48. The molecule has 0 aliphatic heterocycles. The molecule has 0 N–H and O–H groups in total. The number of aryl methyl sites for hydroxylation is 1. The lowest BCUT2D eigenvalue weighted by Crippen LogP contribution is -1.86. The molecule has 0 atom stereocenters. The van der Waals surface area contributed by atoms with Crippen LogP contribution in [0, 0.1) is 0 Å². The van der Waals surface area contributed by atoms with E-state index in [4.69, 9.17) is 0 Å². The summed E-state index contributed by atoms with van der Waals surface area (Å²) in [4.78, 5) is 9.48. The van der Waals surface area contributed by atoms with Crippen LogP contribution in [0.4, 0.5) is 0 Å². The summed E-state index contributed by atoms with van der Waals surface area (Å²) in [7, 11) is 0. The van der Waals surface area contributed by atoms with Gasteiger partial charge in [0, 0.05) is 6.20 Å². The summed E-state index contributed by atoms with van der Waals surface area (Å²) >= 11 is 1.39. The van der Waals surface area contributed by atoms with Crippen LogP contribution in [0.25, 0.3) is 10.3 Å². The Morgan fingerprint density at radius 3 is 3.18 bits per heavy atom. The van der Waals surface area contributed by atoms with Gasteiger partial charge in [-0.15, -0.1) is 0 Å². The largest absolute Gasteiger partial charge is 0.250 e. The molecule has 56 valence electrons. The van der Waals surface area contributed by atoms with Crippen LogP contribution in [-0.4, -0.2) is 14.3 Å². The molecule has 0 radical (unpaired) electrons. The van der Waals surface area contributed by atoms with Crippen LogP contribution in [0.1, 0.15) is 12.6 Å². The number of rotatable bonds is 1. The zero-order valence-electron chi connectivity index (χ0n) is 6.11. The maximum Gasteiger partial charge on any atom is 0.162 e. The first-order valence-corrected chi connectivity index (χ1v) is 4.24. The molecule has 0 saturated carbocycles. The van der Waals surface area contributed by atoms with Gasteiger partial charge in [-0.25, -0.2) is 4.98 Å². The van der Waals surface area contributed by atoms with E-state index in [0.717, 1.165) is 22.5 Å². The lowest BCUT2D eigenvalue weighted by Gasteiger charge is -1.91. The minimum absolute atomic E-state index is 0.896. The molecule has 4 heteroatoms. The highest BCUT2D eigenvalue weighted by Gasteiger charge is 1.98. The molecule has 11 heavy (non-hydrogen) atoms. The Labute approximate surface area is 68.3 Å². The van der Waals surface area contributed by atoms with Crippen molar-refractivity contribution in [2.45, 2.75) is 13.3 Å². The SMILES string of the molecule is CCc1cnc2cnsc2n1. The van der Waals surface area contributed by atoms with Crippen molar-refractivity contribution in [2.75, 3.05) is 0 Å². The lowest BCUT2D eigenvalue weighted by atomic mass is 10.3. The molecule has 2 rings (SSSR count). The zero-order chi connectivity index (χ0) is 7.68. The highest BCUT2D eigenvalue weighted by atomic mass is 32.1. The second-order valence-corrected chi connectivity index (χ2v) is 3.01. The Hall–Kier alpha value is -1.03. The van der Waals surface area contributed by atoms with Crippen LogP contribution in [-0.2, 0) is 6.42 Å². The van der Waals surface area contributed by atoms with E-state index in [1.165, 1.54) is 11.5 Å². The van der Waals surface area contributed by atoms with Crippen molar-refractivity contribution in [3.63, 3.8) is 0 Å². The summed E-state index contributed by atoms with van der Waals surface area (Å²) in [6.45, 7) is 2.07. The standard InChI is InChI=1S/C7H7N3S/c1-2-5-3-8-6-4-9-11-7(6)10-5/h3-4H,2H2,1H3. The fourth-order valence-corrected chi connectivity index (χ4v) is 1.48. The molecule has 2 aromatic heterocycles. The molecule has 0 amide bonds. The van der Waals surface area contributed by atoms with Gasteiger partial charge in [0.1, 0.15) is 5.52 Å². The second-order valence-electron chi connectivity index (χ2n) is 2.23. The van der Waals surface area contributed by atoms with Crippen molar-refractivity contribution in [3.05, 3.63) is 18.1 Å². The number of nitrogens with zero attached hydrogens (tertiary/aromatic N) is 3. The van der Waals surface area contributed by atoms with Crippen molar-refractivity contribution in [2.24, 2.45) is 0 Å². The van der Waals surface area contributed by atoms with Gasteiger partial charge < -0.3 is 0 Å². The number of fused-ring (bicyclic) bond motifs is 1. The molecule has 2 heterocycles. The monoisotopic (exact) mass is 165 g/mol. The Balaban J connectivity index is 2.67. The fraction of sp³-hybridized carbons (Fsp3) is 0.286. The van der Waals surface area contributed by atoms with Gasteiger partial charge in [-0.3, -0.25) is 4.98 Å². The van der Waals surface area contributed by atoms with Crippen LogP contribution in [0.2, 0.25) is 0 Å². The topological polar surface area (TPSA) is 38.7 Å². The molecule has 3 nitrogen and oxygen atoms in total. The average Bonchev–Trinajstić information content (AvgIpc) is 2.50. The normalized spacial score (nSPS) is 10.6. The molecule has 0 aliphatic rings. The second kappa shape index (κ2) is 2.54. The minimum atomic E-state index is 0.896. The zero-order valence-corrected chi connectivity index (χ0v) is 6.93.